The molecule has 24 heavy (non-hydrogen) atoms. The average Bonchev–Trinajstić information content (AvgIpc) is 3.08. The van der Waals surface area contributed by atoms with Crippen LogP contribution >= 0.6 is 0 Å². The molecule has 0 amide bonds. The van der Waals surface area contributed by atoms with Crippen LogP contribution in [0.2, 0.25) is 0 Å². The minimum atomic E-state index is 0.188. The number of aromatic hydroxyl groups is 1. The van der Waals surface area contributed by atoms with Crippen LogP contribution < -0.4 is 5.43 Å². The Morgan fingerprint density at radius 1 is 1.08 bits per heavy atom. The lowest BCUT2D eigenvalue weighted by atomic mass is 10.1. The van der Waals surface area contributed by atoms with Gasteiger partial charge in [-0.15, -0.1) is 15.3 Å². The third kappa shape index (κ3) is 2.32. The summed E-state index contributed by atoms with van der Waals surface area (Å²) in [5.74, 6) is 0.778. The molecule has 0 aliphatic rings. The van der Waals surface area contributed by atoms with Gasteiger partial charge in [-0.1, -0.05) is 36.4 Å². The Hall–Kier alpha value is -3.48. The van der Waals surface area contributed by atoms with E-state index in [2.05, 4.69) is 25.8 Å². The molecule has 0 spiro atoms. The number of benzene rings is 2. The number of phenols is 1. The second-order valence-corrected chi connectivity index (χ2v) is 5.32. The highest BCUT2D eigenvalue weighted by Crippen LogP contribution is 2.24. The van der Waals surface area contributed by atoms with Crippen LogP contribution in [0.4, 0.5) is 5.82 Å². The summed E-state index contributed by atoms with van der Waals surface area (Å²) < 4.78 is 1.61. The van der Waals surface area contributed by atoms with E-state index in [0.29, 0.717) is 22.7 Å². The maximum atomic E-state index is 9.92. The maximum absolute atomic E-state index is 9.92. The zero-order valence-corrected chi connectivity index (χ0v) is 12.9. The number of nitrogens with one attached hydrogen (secondary N) is 1. The van der Waals surface area contributed by atoms with Crippen LogP contribution in [-0.4, -0.2) is 30.6 Å². The highest BCUT2D eigenvalue weighted by atomic mass is 16.3. The molecule has 0 bridgehead atoms. The van der Waals surface area contributed by atoms with Gasteiger partial charge >= 0.3 is 0 Å². The van der Waals surface area contributed by atoms with E-state index in [4.69, 9.17) is 0 Å². The van der Waals surface area contributed by atoms with E-state index in [-0.39, 0.29) is 5.75 Å². The summed E-state index contributed by atoms with van der Waals surface area (Å²) in [6.07, 6.45) is 1.55. The fourth-order valence-corrected chi connectivity index (χ4v) is 2.59. The first-order chi connectivity index (χ1) is 11.7. The number of aromatic nitrogens is 4. The number of hydrogen-bond donors (Lipinski definition) is 2. The second kappa shape index (κ2) is 5.62. The van der Waals surface area contributed by atoms with Gasteiger partial charge in [-0.3, -0.25) is 5.43 Å². The summed E-state index contributed by atoms with van der Waals surface area (Å²) in [4.78, 5) is 0. The zero-order valence-electron chi connectivity index (χ0n) is 12.9. The molecule has 7 nitrogen and oxygen atoms in total. The summed E-state index contributed by atoms with van der Waals surface area (Å²) in [5.41, 5.74) is 5.00. The SMILES string of the molecule is C/C(=N/Nc1nn2cnnc2c2ccccc12)c1ccccc1O. The fraction of sp³-hybridized carbons (Fsp3) is 0.0588. The molecule has 7 heteroatoms. The van der Waals surface area contributed by atoms with Crippen molar-refractivity contribution in [2.75, 3.05) is 5.43 Å². The van der Waals surface area contributed by atoms with Crippen LogP contribution in [0.25, 0.3) is 16.4 Å². The third-order valence-corrected chi connectivity index (χ3v) is 3.78. The molecule has 0 fully saturated rings. The number of anilines is 1. The van der Waals surface area contributed by atoms with Gasteiger partial charge in [0.25, 0.3) is 0 Å². The number of nitrogens with zero attached hydrogens (tertiary/aromatic N) is 5. The molecule has 0 atom stereocenters. The van der Waals surface area contributed by atoms with Crippen LogP contribution in [0.15, 0.2) is 60.0 Å². The maximum Gasteiger partial charge on any atom is 0.185 e. The standard InChI is InChI=1S/C17H14N6O/c1-11(12-6-4-5-9-15(12)24)19-20-16-13-7-2-3-8-14(13)17-21-18-10-23(17)22-16/h2-10,24H,1H3,(H,20,22)/b19-11-. The normalized spacial score (nSPS) is 12.0. The van der Waals surface area contributed by atoms with Crippen LogP contribution in [0.1, 0.15) is 12.5 Å². The molecule has 2 N–H and O–H groups in total. The molecule has 2 aromatic carbocycles. The Kier molecular flexibility index (Phi) is 3.31. The van der Waals surface area contributed by atoms with Gasteiger partial charge in [-0.2, -0.15) is 9.62 Å². The minimum Gasteiger partial charge on any atom is -0.507 e. The third-order valence-electron chi connectivity index (χ3n) is 3.78. The zero-order chi connectivity index (χ0) is 16.5. The van der Waals surface area contributed by atoms with Crippen molar-refractivity contribution in [1.29, 1.82) is 0 Å². The van der Waals surface area contributed by atoms with Crippen molar-refractivity contribution < 1.29 is 5.11 Å². The van der Waals surface area contributed by atoms with Gasteiger partial charge in [0.1, 0.15) is 12.1 Å². The molecular formula is C17H14N6O. The van der Waals surface area contributed by atoms with Crippen molar-refractivity contribution >= 4 is 27.9 Å². The molecule has 0 radical (unpaired) electrons. The van der Waals surface area contributed by atoms with Crippen molar-refractivity contribution in [3.8, 4) is 5.75 Å². The minimum absolute atomic E-state index is 0.188. The van der Waals surface area contributed by atoms with Gasteiger partial charge in [-0.25, -0.2) is 0 Å². The van der Waals surface area contributed by atoms with Crippen molar-refractivity contribution in [2.45, 2.75) is 6.92 Å². The quantitative estimate of drug-likeness (QED) is 0.448. The molecule has 118 valence electrons. The molecule has 0 aliphatic heterocycles. The molecule has 0 unspecified atom stereocenters. The fourth-order valence-electron chi connectivity index (χ4n) is 2.59. The summed E-state index contributed by atoms with van der Waals surface area (Å²) in [7, 11) is 0. The molecule has 2 aromatic heterocycles. The lowest BCUT2D eigenvalue weighted by Crippen LogP contribution is -2.04. The number of hydrogen-bond acceptors (Lipinski definition) is 6. The summed E-state index contributed by atoms with van der Waals surface area (Å²) in [5, 5.41) is 28.6. The lowest BCUT2D eigenvalue weighted by Gasteiger charge is -2.08. The van der Waals surface area contributed by atoms with Gasteiger partial charge in [0.05, 0.1) is 5.71 Å². The van der Waals surface area contributed by atoms with E-state index in [1.165, 1.54) is 0 Å². The summed E-state index contributed by atoms with van der Waals surface area (Å²) in [6, 6.07) is 14.9. The molecule has 0 saturated heterocycles. The molecule has 2 heterocycles. The van der Waals surface area contributed by atoms with E-state index in [1.807, 2.05) is 43.3 Å². The smallest absolute Gasteiger partial charge is 0.185 e. The molecule has 0 aliphatic carbocycles. The first-order valence-corrected chi connectivity index (χ1v) is 7.41. The van der Waals surface area contributed by atoms with Crippen molar-refractivity contribution in [1.82, 2.24) is 19.8 Å². The number of para-hydroxylation sites is 1. The Morgan fingerprint density at radius 3 is 2.67 bits per heavy atom. The van der Waals surface area contributed by atoms with Crippen LogP contribution in [-0.2, 0) is 0 Å². The second-order valence-electron chi connectivity index (χ2n) is 5.32. The molecule has 4 rings (SSSR count). The predicted octanol–water partition coefficient (Wildman–Crippen LogP) is 2.82. The Morgan fingerprint density at radius 2 is 1.83 bits per heavy atom. The van der Waals surface area contributed by atoms with Gasteiger partial charge in [0.2, 0.25) is 0 Å². The van der Waals surface area contributed by atoms with E-state index in [9.17, 15) is 5.11 Å². The van der Waals surface area contributed by atoms with E-state index in [1.54, 1.807) is 23.0 Å². The topological polar surface area (TPSA) is 87.7 Å². The number of fused-ring (bicyclic) bond motifs is 3. The van der Waals surface area contributed by atoms with E-state index < -0.39 is 0 Å². The highest BCUT2D eigenvalue weighted by Gasteiger charge is 2.10. The Balaban J connectivity index is 1.79. The van der Waals surface area contributed by atoms with Crippen molar-refractivity contribution in [3.63, 3.8) is 0 Å². The summed E-state index contributed by atoms with van der Waals surface area (Å²) >= 11 is 0. The Labute approximate surface area is 137 Å². The van der Waals surface area contributed by atoms with Crippen LogP contribution in [0, 0.1) is 0 Å². The number of rotatable bonds is 3. The van der Waals surface area contributed by atoms with Crippen molar-refractivity contribution in [2.24, 2.45) is 5.10 Å². The number of hydrazone groups is 1. The van der Waals surface area contributed by atoms with Gasteiger partial charge in [-0.05, 0) is 19.1 Å². The van der Waals surface area contributed by atoms with E-state index >= 15 is 0 Å². The first kappa shape index (κ1) is 14.1. The van der Waals surface area contributed by atoms with Gasteiger partial charge < -0.3 is 5.11 Å². The van der Waals surface area contributed by atoms with E-state index in [0.717, 1.165) is 10.8 Å². The van der Waals surface area contributed by atoms with Gasteiger partial charge in [0, 0.05) is 16.3 Å². The monoisotopic (exact) mass is 318 g/mol. The molecular weight excluding hydrogens is 304 g/mol. The highest BCUT2D eigenvalue weighted by molar-refractivity contribution is 6.03. The van der Waals surface area contributed by atoms with Crippen LogP contribution in [0.3, 0.4) is 0 Å². The molecule has 4 aromatic rings. The average molecular weight is 318 g/mol. The Bertz CT molecular complexity index is 1070. The van der Waals surface area contributed by atoms with Crippen LogP contribution in [0.5, 0.6) is 5.75 Å². The molecule has 0 saturated carbocycles. The lowest BCUT2D eigenvalue weighted by molar-refractivity contribution is 0.474. The van der Waals surface area contributed by atoms with Gasteiger partial charge in [0.15, 0.2) is 11.5 Å². The predicted molar refractivity (Wildman–Crippen MR) is 92.2 cm³/mol. The largest absolute Gasteiger partial charge is 0.507 e. The van der Waals surface area contributed by atoms with Crippen molar-refractivity contribution in [3.05, 3.63) is 60.4 Å². The first-order valence-electron chi connectivity index (χ1n) is 7.41. The number of phenolic OH excluding ortho intramolecular Hbond substituents is 1. The summed E-state index contributed by atoms with van der Waals surface area (Å²) in [6.45, 7) is 1.82.